The second kappa shape index (κ2) is 3.49. The topological polar surface area (TPSA) is 55.1 Å². The summed E-state index contributed by atoms with van der Waals surface area (Å²) in [5, 5.41) is 2.12. The number of primary amides is 1. The van der Waals surface area contributed by atoms with Crippen molar-refractivity contribution in [1.82, 2.24) is 5.32 Å². The monoisotopic (exact) mass is 120 g/mol. The maximum absolute atomic E-state index is 9.76. The first-order valence-corrected chi connectivity index (χ1v) is 2.02. The number of hydrogen-bond acceptors (Lipinski definition) is 1. The fourth-order valence-corrected chi connectivity index (χ4v) is 0.177. The molecule has 3 N–H and O–H groups in total. The Kier molecular flexibility index (Phi) is 3.14. The Hall–Kier alpha value is -0.700. The molecule has 0 aromatic carbocycles. The normalized spacial score (nSPS) is 9.29. The van der Waals surface area contributed by atoms with E-state index < -0.39 is 6.03 Å². The maximum atomic E-state index is 9.76. The molecule has 0 aromatic heterocycles. The average molecular weight is 121 g/mol. The number of rotatable bonds is 1. The summed E-state index contributed by atoms with van der Waals surface area (Å²) in [6, 6.07) is -0.614. The van der Waals surface area contributed by atoms with Crippen molar-refractivity contribution in [2.45, 2.75) is 0 Å². The van der Waals surface area contributed by atoms with Crippen molar-refractivity contribution < 1.29 is 4.79 Å². The van der Waals surface area contributed by atoms with Crippen molar-refractivity contribution in [3.05, 3.63) is 11.7 Å². The molecule has 0 aliphatic heterocycles. The van der Waals surface area contributed by atoms with Crippen LogP contribution in [0.1, 0.15) is 0 Å². The molecule has 0 aromatic rings. The summed E-state index contributed by atoms with van der Waals surface area (Å²) in [6.45, 7) is 0. The van der Waals surface area contributed by atoms with E-state index in [4.69, 9.17) is 11.6 Å². The third kappa shape index (κ3) is 5.30. The second-order valence-corrected chi connectivity index (χ2v) is 1.05. The van der Waals surface area contributed by atoms with Gasteiger partial charge in [-0.2, -0.15) is 0 Å². The number of amides is 2. The van der Waals surface area contributed by atoms with Crippen molar-refractivity contribution in [2.75, 3.05) is 0 Å². The highest BCUT2D eigenvalue weighted by Gasteiger charge is 1.78. The molecule has 7 heavy (non-hydrogen) atoms. The largest absolute Gasteiger partial charge is 0.351 e. The fraction of sp³-hybridized carbons (Fsp3) is 0. The Bertz CT molecular complexity index is 90.9. The molecular formula is C3H5ClN2O. The van der Waals surface area contributed by atoms with Crippen LogP contribution in [0.5, 0.6) is 0 Å². The SMILES string of the molecule is NC(=O)N/C=C/Cl. The van der Waals surface area contributed by atoms with E-state index in [2.05, 4.69) is 11.1 Å². The van der Waals surface area contributed by atoms with E-state index >= 15 is 0 Å². The van der Waals surface area contributed by atoms with Gasteiger partial charge in [0.25, 0.3) is 0 Å². The van der Waals surface area contributed by atoms with Crippen LogP contribution in [0.15, 0.2) is 11.7 Å². The Morgan fingerprint density at radius 2 is 2.43 bits per heavy atom. The highest BCUT2D eigenvalue weighted by molar-refractivity contribution is 6.25. The molecule has 0 saturated heterocycles. The smallest absolute Gasteiger partial charge is 0.316 e. The molecule has 0 aliphatic carbocycles. The van der Waals surface area contributed by atoms with Gasteiger partial charge in [0.1, 0.15) is 0 Å². The van der Waals surface area contributed by atoms with Crippen LogP contribution in [-0.2, 0) is 0 Å². The number of urea groups is 1. The van der Waals surface area contributed by atoms with E-state index in [-0.39, 0.29) is 0 Å². The predicted molar refractivity (Wildman–Crippen MR) is 27.7 cm³/mol. The van der Waals surface area contributed by atoms with Gasteiger partial charge in [0.05, 0.1) is 0 Å². The van der Waals surface area contributed by atoms with Gasteiger partial charge in [-0.25, -0.2) is 4.79 Å². The van der Waals surface area contributed by atoms with Crippen LogP contribution in [-0.4, -0.2) is 6.03 Å². The van der Waals surface area contributed by atoms with E-state index in [1.54, 1.807) is 0 Å². The van der Waals surface area contributed by atoms with Crippen molar-refractivity contribution >= 4 is 17.6 Å². The standard InChI is InChI=1S/C3H5ClN2O/c4-1-2-6-3(5)7/h1-2H,(H3,5,6,7)/b2-1+. The number of carbonyl (C=O) groups excluding carboxylic acids is 1. The molecule has 0 saturated carbocycles. The lowest BCUT2D eigenvalue weighted by Gasteiger charge is -1.84. The number of halogens is 1. The first-order chi connectivity index (χ1) is 3.27. The van der Waals surface area contributed by atoms with E-state index in [1.165, 1.54) is 6.20 Å². The molecule has 0 bridgehead atoms. The molecule has 0 radical (unpaired) electrons. The van der Waals surface area contributed by atoms with Crippen LogP contribution >= 0.6 is 11.6 Å². The molecule has 4 heteroatoms. The number of nitrogens with two attached hydrogens (primary N) is 1. The summed E-state index contributed by atoms with van der Waals surface area (Å²) >= 11 is 4.99. The van der Waals surface area contributed by atoms with E-state index in [0.717, 1.165) is 5.54 Å². The minimum Gasteiger partial charge on any atom is -0.351 e. The lowest BCUT2D eigenvalue weighted by atomic mass is 10.9. The molecule has 0 rings (SSSR count). The van der Waals surface area contributed by atoms with E-state index in [1.807, 2.05) is 0 Å². The summed E-state index contributed by atoms with van der Waals surface area (Å²) in [6.07, 6.45) is 1.24. The summed E-state index contributed by atoms with van der Waals surface area (Å²) in [7, 11) is 0. The molecule has 0 spiro atoms. The summed E-state index contributed by atoms with van der Waals surface area (Å²) in [5.74, 6) is 0. The molecule has 0 fully saturated rings. The van der Waals surface area contributed by atoms with Gasteiger partial charge in [-0.1, -0.05) is 11.6 Å². The summed E-state index contributed by atoms with van der Waals surface area (Å²) < 4.78 is 0. The van der Waals surface area contributed by atoms with Crippen molar-refractivity contribution in [3.63, 3.8) is 0 Å². The van der Waals surface area contributed by atoms with Crippen LogP contribution < -0.4 is 11.1 Å². The van der Waals surface area contributed by atoms with Gasteiger partial charge >= 0.3 is 6.03 Å². The molecule has 3 nitrogen and oxygen atoms in total. The van der Waals surface area contributed by atoms with Gasteiger partial charge in [-0.15, -0.1) is 0 Å². The van der Waals surface area contributed by atoms with E-state index in [9.17, 15) is 4.79 Å². The Balaban J connectivity index is 3.14. The molecule has 40 valence electrons. The van der Waals surface area contributed by atoms with Crippen molar-refractivity contribution in [3.8, 4) is 0 Å². The Labute approximate surface area is 46.1 Å². The molecule has 0 heterocycles. The van der Waals surface area contributed by atoms with Gasteiger partial charge in [-0.05, 0) is 0 Å². The third-order valence-electron chi connectivity index (χ3n) is 0.289. The second-order valence-electron chi connectivity index (χ2n) is 0.801. The fourth-order valence-electron chi connectivity index (χ4n) is 0.114. The maximum Gasteiger partial charge on any atom is 0.316 e. The molecule has 0 aliphatic rings. The first-order valence-electron chi connectivity index (χ1n) is 1.58. The zero-order valence-corrected chi connectivity index (χ0v) is 4.27. The van der Waals surface area contributed by atoms with E-state index in [0.29, 0.717) is 0 Å². The molecule has 2 amide bonds. The Morgan fingerprint density at radius 3 is 2.57 bits per heavy atom. The predicted octanol–water partition coefficient (Wildman–Crippen LogP) is 0.365. The van der Waals surface area contributed by atoms with Crippen LogP contribution in [0, 0.1) is 0 Å². The Morgan fingerprint density at radius 1 is 1.86 bits per heavy atom. The molecule has 0 unspecified atom stereocenters. The minimum atomic E-state index is -0.614. The highest BCUT2D eigenvalue weighted by Crippen LogP contribution is 1.70. The van der Waals surface area contributed by atoms with Gasteiger partial charge in [0, 0.05) is 11.7 Å². The van der Waals surface area contributed by atoms with Crippen LogP contribution in [0.3, 0.4) is 0 Å². The van der Waals surface area contributed by atoms with Gasteiger partial charge < -0.3 is 11.1 Å². The van der Waals surface area contributed by atoms with Crippen LogP contribution in [0.2, 0.25) is 0 Å². The minimum absolute atomic E-state index is 0.614. The highest BCUT2D eigenvalue weighted by atomic mass is 35.5. The van der Waals surface area contributed by atoms with Gasteiger partial charge in [0.15, 0.2) is 0 Å². The zero-order chi connectivity index (χ0) is 5.70. The summed E-state index contributed by atoms with van der Waals surface area (Å²) in [4.78, 5) is 9.76. The van der Waals surface area contributed by atoms with Gasteiger partial charge in [-0.3, -0.25) is 0 Å². The number of nitrogens with one attached hydrogen (secondary N) is 1. The molecular weight excluding hydrogens is 115 g/mol. The van der Waals surface area contributed by atoms with Crippen molar-refractivity contribution in [1.29, 1.82) is 0 Å². The lowest BCUT2D eigenvalue weighted by Crippen LogP contribution is -2.23. The average Bonchev–Trinajstić information content (AvgIpc) is 1.61. The van der Waals surface area contributed by atoms with Gasteiger partial charge in [0.2, 0.25) is 0 Å². The van der Waals surface area contributed by atoms with Crippen LogP contribution in [0.25, 0.3) is 0 Å². The molecule has 0 atom stereocenters. The zero-order valence-electron chi connectivity index (χ0n) is 3.52. The lowest BCUT2D eigenvalue weighted by molar-refractivity contribution is 0.252. The third-order valence-corrected chi connectivity index (χ3v) is 0.415. The quantitative estimate of drug-likeness (QED) is 0.516. The van der Waals surface area contributed by atoms with Crippen LogP contribution in [0.4, 0.5) is 4.79 Å². The first kappa shape index (κ1) is 6.30. The number of carbonyl (C=O) groups is 1. The summed E-state index contributed by atoms with van der Waals surface area (Å²) in [5.41, 5.74) is 5.78. The van der Waals surface area contributed by atoms with Crippen molar-refractivity contribution in [2.24, 2.45) is 5.73 Å². The number of hydrogen-bond donors (Lipinski definition) is 2.